The maximum Gasteiger partial charge on any atom is 0.315 e. The summed E-state index contributed by atoms with van der Waals surface area (Å²) in [5.74, 6) is -0.262. The monoisotopic (exact) mass is 251 g/mol. The Balaban J connectivity index is 1.92. The first-order valence-corrected chi connectivity index (χ1v) is 6.18. The summed E-state index contributed by atoms with van der Waals surface area (Å²) in [7, 11) is 0. The Morgan fingerprint density at radius 1 is 1.33 bits per heavy atom. The van der Waals surface area contributed by atoms with Crippen molar-refractivity contribution in [3.05, 3.63) is 35.6 Å². The zero-order valence-electron chi connectivity index (χ0n) is 10.2. The largest absolute Gasteiger partial charge is 0.338 e. The normalized spacial score (nSPS) is 16.1. The Labute approximate surface area is 106 Å². The number of urea groups is 1. The van der Waals surface area contributed by atoms with E-state index in [1.165, 1.54) is 12.1 Å². The standard InChI is InChI=1S/C13H18FN3O/c14-11-4-2-10(3-5-11)13(6-7-13)17-12(18)16-9-1-8-15/h2-5H,1,6-9,15H2,(H2,16,17,18). The molecule has 1 aromatic carbocycles. The molecule has 98 valence electrons. The number of carbonyl (C=O) groups is 1. The second-order valence-corrected chi connectivity index (χ2v) is 4.61. The molecule has 0 heterocycles. The summed E-state index contributed by atoms with van der Waals surface area (Å²) in [5, 5.41) is 5.71. The van der Waals surface area contributed by atoms with E-state index in [4.69, 9.17) is 5.73 Å². The predicted molar refractivity (Wildman–Crippen MR) is 67.5 cm³/mol. The highest BCUT2D eigenvalue weighted by Gasteiger charge is 2.45. The van der Waals surface area contributed by atoms with Crippen LogP contribution in [-0.4, -0.2) is 19.1 Å². The molecule has 18 heavy (non-hydrogen) atoms. The maximum atomic E-state index is 12.9. The molecular formula is C13H18FN3O. The van der Waals surface area contributed by atoms with Crippen LogP contribution in [0.3, 0.4) is 0 Å². The molecule has 1 aromatic rings. The minimum atomic E-state index is -0.305. The van der Waals surface area contributed by atoms with Crippen molar-refractivity contribution < 1.29 is 9.18 Å². The third-order valence-corrected chi connectivity index (χ3v) is 3.17. The fourth-order valence-corrected chi connectivity index (χ4v) is 1.95. The molecule has 1 saturated carbocycles. The molecule has 0 aliphatic heterocycles. The smallest absolute Gasteiger partial charge is 0.315 e. The van der Waals surface area contributed by atoms with E-state index in [1.54, 1.807) is 12.1 Å². The first-order valence-electron chi connectivity index (χ1n) is 6.18. The van der Waals surface area contributed by atoms with E-state index in [0.29, 0.717) is 13.1 Å². The maximum absolute atomic E-state index is 12.9. The molecule has 0 aromatic heterocycles. The second kappa shape index (κ2) is 5.35. The second-order valence-electron chi connectivity index (χ2n) is 4.61. The number of nitrogens with one attached hydrogen (secondary N) is 2. The fraction of sp³-hybridized carbons (Fsp3) is 0.462. The van der Waals surface area contributed by atoms with Gasteiger partial charge in [0.1, 0.15) is 5.82 Å². The highest BCUT2D eigenvalue weighted by molar-refractivity contribution is 5.75. The first-order chi connectivity index (χ1) is 8.66. The summed E-state index contributed by atoms with van der Waals surface area (Å²) >= 11 is 0. The van der Waals surface area contributed by atoms with Crippen LogP contribution in [0.25, 0.3) is 0 Å². The van der Waals surface area contributed by atoms with E-state index >= 15 is 0 Å². The average Bonchev–Trinajstić information content (AvgIpc) is 3.11. The minimum absolute atomic E-state index is 0.190. The Bertz CT molecular complexity index is 415. The highest BCUT2D eigenvalue weighted by Crippen LogP contribution is 2.45. The van der Waals surface area contributed by atoms with Crippen LogP contribution in [-0.2, 0) is 5.54 Å². The van der Waals surface area contributed by atoms with Crippen LogP contribution in [0.2, 0.25) is 0 Å². The Hall–Kier alpha value is -1.62. The zero-order chi connectivity index (χ0) is 13.0. The van der Waals surface area contributed by atoms with Crippen LogP contribution in [0.5, 0.6) is 0 Å². The molecule has 0 atom stereocenters. The Morgan fingerprint density at radius 2 is 2.00 bits per heavy atom. The number of rotatable bonds is 5. The SMILES string of the molecule is NCCCNC(=O)NC1(c2ccc(F)cc2)CC1. The van der Waals surface area contributed by atoms with Crippen molar-refractivity contribution in [2.45, 2.75) is 24.8 Å². The molecule has 0 spiro atoms. The van der Waals surface area contributed by atoms with Gasteiger partial charge in [0, 0.05) is 6.54 Å². The van der Waals surface area contributed by atoms with Crippen molar-refractivity contribution in [3.8, 4) is 0 Å². The van der Waals surface area contributed by atoms with Crippen LogP contribution in [0, 0.1) is 5.82 Å². The molecule has 4 nitrogen and oxygen atoms in total. The van der Waals surface area contributed by atoms with Gasteiger partial charge in [-0.25, -0.2) is 9.18 Å². The molecule has 1 fully saturated rings. The summed E-state index contributed by atoms with van der Waals surface area (Å²) in [6, 6.07) is 6.10. The number of nitrogens with two attached hydrogens (primary N) is 1. The number of halogens is 1. The molecule has 1 aliphatic carbocycles. The lowest BCUT2D eigenvalue weighted by Crippen LogP contribution is -2.42. The summed E-state index contributed by atoms with van der Waals surface area (Å²) in [4.78, 5) is 11.7. The van der Waals surface area contributed by atoms with Gasteiger partial charge < -0.3 is 16.4 Å². The highest BCUT2D eigenvalue weighted by atomic mass is 19.1. The van der Waals surface area contributed by atoms with Crippen LogP contribution in [0.4, 0.5) is 9.18 Å². The third-order valence-electron chi connectivity index (χ3n) is 3.17. The lowest BCUT2D eigenvalue weighted by atomic mass is 10.1. The van der Waals surface area contributed by atoms with Gasteiger partial charge in [0.2, 0.25) is 0 Å². The number of hydrogen-bond donors (Lipinski definition) is 3. The van der Waals surface area contributed by atoms with Gasteiger partial charge in [-0.1, -0.05) is 12.1 Å². The van der Waals surface area contributed by atoms with E-state index in [1.807, 2.05) is 0 Å². The van der Waals surface area contributed by atoms with Gasteiger partial charge in [0.25, 0.3) is 0 Å². The number of carbonyl (C=O) groups excluding carboxylic acids is 1. The molecule has 5 heteroatoms. The van der Waals surface area contributed by atoms with E-state index in [-0.39, 0.29) is 17.4 Å². The van der Waals surface area contributed by atoms with E-state index < -0.39 is 0 Å². The summed E-state index contributed by atoms with van der Waals surface area (Å²) < 4.78 is 12.9. The van der Waals surface area contributed by atoms with Crippen LogP contribution in [0.1, 0.15) is 24.8 Å². The summed E-state index contributed by atoms with van der Waals surface area (Å²) in [5.41, 5.74) is 6.00. The van der Waals surface area contributed by atoms with Crippen molar-refractivity contribution in [1.29, 1.82) is 0 Å². The van der Waals surface area contributed by atoms with Gasteiger partial charge in [-0.15, -0.1) is 0 Å². The quantitative estimate of drug-likeness (QED) is 0.694. The average molecular weight is 251 g/mol. The molecule has 0 saturated heterocycles. The summed E-state index contributed by atoms with van der Waals surface area (Å²) in [6.45, 7) is 1.13. The van der Waals surface area contributed by atoms with Crippen LogP contribution >= 0.6 is 0 Å². The topological polar surface area (TPSA) is 67.1 Å². The zero-order valence-corrected chi connectivity index (χ0v) is 10.2. The van der Waals surface area contributed by atoms with Crippen molar-refractivity contribution in [3.63, 3.8) is 0 Å². The van der Waals surface area contributed by atoms with Crippen LogP contribution < -0.4 is 16.4 Å². The summed E-state index contributed by atoms with van der Waals surface area (Å²) in [6.07, 6.45) is 2.54. The first kappa shape index (κ1) is 12.8. The van der Waals surface area contributed by atoms with E-state index in [2.05, 4.69) is 10.6 Å². The number of benzene rings is 1. The van der Waals surface area contributed by atoms with Crippen molar-refractivity contribution in [2.24, 2.45) is 5.73 Å². The van der Waals surface area contributed by atoms with E-state index in [0.717, 1.165) is 24.8 Å². The molecule has 4 N–H and O–H groups in total. The molecule has 2 amide bonds. The van der Waals surface area contributed by atoms with Gasteiger partial charge in [0.05, 0.1) is 5.54 Å². The molecule has 0 unspecified atom stereocenters. The van der Waals surface area contributed by atoms with E-state index in [9.17, 15) is 9.18 Å². The molecule has 0 radical (unpaired) electrons. The predicted octanol–water partition coefficient (Wildman–Crippen LogP) is 1.46. The van der Waals surface area contributed by atoms with Crippen LogP contribution in [0.15, 0.2) is 24.3 Å². The number of amides is 2. The molecule has 2 rings (SSSR count). The van der Waals surface area contributed by atoms with Gasteiger partial charge >= 0.3 is 6.03 Å². The Kier molecular flexibility index (Phi) is 3.81. The lowest BCUT2D eigenvalue weighted by molar-refractivity contribution is 0.235. The fourth-order valence-electron chi connectivity index (χ4n) is 1.95. The Morgan fingerprint density at radius 3 is 2.56 bits per heavy atom. The molecule has 1 aliphatic rings. The van der Waals surface area contributed by atoms with Gasteiger partial charge in [-0.3, -0.25) is 0 Å². The van der Waals surface area contributed by atoms with Gasteiger partial charge in [-0.05, 0) is 43.5 Å². The molecular weight excluding hydrogens is 233 g/mol. The number of hydrogen-bond acceptors (Lipinski definition) is 2. The third kappa shape index (κ3) is 2.98. The van der Waals surface area contributed by atoms with Crippen molar-refractivity contribution >= 4 is 6.03 Å². The molecule has 0 bridgehead atoms. The lowest BCUT2D eigenvalue weighted by Gasteiger charge is -2.18. The van der Waals surface area contributed by atoms with Crippen molar-refractivity contribution in [1.82, 2.24) is 10.6 Å². The van der Waals surface area contributed by atoms with Gasteiger partial charge in [-0.2, -0.15) is 0 Å². The van der Waals surface area contributed by atoms with Gasteiger partial charge in [0.15, 0.2) is 0 Å². The minimum Gasteiger partial charge on any atom is -0.338 e. The van der Waals surface area contributed by atoms with Crippen molar-refractivity contribution in [2.75, 3.05) is 13.1 Å².